The molecule has 4 heteroatoms. The molecule has 2 aromatic carbocycles. The summed E-state index contributed by atoms with van der Waals surface area (Å²) >= 11 is 0. The number of rotatable bonds is 4. The summed E-state index contributed by atoms with van der Waals surface area (Å²) in [7, 11) is 0. The van der Waals surface area contributed by atoms with E-state index < -0.39 is 0 Å². The number of nitrogens with zero attached hydrogens (tertiary/aromatic N) is 1. The van der Waals surface area contributed by atoms with Crippen LogP contribution in [-0.4, -0.2) is 0 Å². The van der Waals surface area contributed by atoms with Crippen LogP contribution in [0.25, 0.3) is 0 Å². The Morgan fingerprint density at radius 1 is 1.30 bits per heavy atom. The lowest BCUT2D eigenvalue weighted by molar-refractivity contribution is 0.300. The number of benzene rings is 2. The van der Waals surface area contributed by atoms with Gasteiger partial charge < -0.3 is 10.5 Å². The van der Waals surface area contributed by atoms with E-state index in [1.54, 1.807) is 25.1 Å². The van der Waals surface area contributed by atoms with Crippen molar-refractivity contribution in [1.29, 1.82) is 5.26 Å². The molecule has 0 aliphatic carbocycles. The molecule has 2 rings (SSSR count). The van der Waals surface area contributed by atoms with E-state index in [1.165, 1.54) is 12.1 Å². The molecule has 0 radical (unpaired) electrons. The largest absolute Gasteiger partial charge is 0.489 e. The van der Waals surface area contributed by atoms with E-state index in [9.17, 15) is 4.39 Å². The molecule has 0 saturated carbocycles. The van der Waals surface area contributed by atoms with Crippen molar-refractivity contribution in [1.82, 2.24) is 0 Å². The Hall–Kier alpha value is -2.38. The number of halogens is 1. The third-order valence-corrected chi connectivity index (χ3v) is 2.98. The van der Waals surface area contributed by atoms with Crippen molar-refractivity contribution < 1.29 is 9.13 Å². The molecule has 3 nitrogen and oxygen atoms in total. The highest BCUT2D eigenvalue weighted by Gasteiger charge is 2.10. The summed E-state index contributed by atoms with van der Waals surface area (Å²) in [5.74, 6) is 0.191. The molecule has 0 bridgehead atoms. The van der Waals surface area contributed by atoms with Gasteiger partial charge in [-0.1, -0.05) is 18.2 Å². The summed E-state index contributed by atoms with van der Waals surface area (Å²) in [6.45, 7) is 2.01. The normalized spacial score (nSPS) is 11.7. The average molecular weight is 270 g/mol. The van der Waals surface area contributed by atoms with Crippen molar-refractivity contribution >= 4 is 0 Å². The highest BCUT2D eigenvalue weighted by molar-refractivity contribution is 5.39. The fourth-order valence-corrected chi connectivity index (χ4v) is 1.92. The molecule has 0 amide bonds. The number of hydrogen-bond acceptors (Lipinski definition) is 3. The second kappa shape index (κ2) is 6.18. The zero-order chi connectivity index (χ0) is 14.5. The van der Waals surface area contributed by atoms with E-state index in [0.29, 0.717) is 16.9 Å². The van der Waals surface area contributed by atoms with Gasteiger partial charge in [-0.05, 0) is 31.2 Å². The van der Waals surface area contributed by atoms with E-state index in [2.05, 4.69) is 6.07 Å². The SMILES string of the molecule is CC(N)c1cc(F)ccc1OCc1ccccc1C#N. The summed E-state index contributed by atoms with van der Waals surface area (Å²) in [6.07, 6.45) is 0. The second-order valence-electron chi connectivity index (χ2n) is 4.53. The van der Waals surface area contributed by atoms with E-state index in [4.69, 9.17) is 15.7 Å². The van der Waals surface area contributed by atoms with Crippen LogP contribution < -0.4 is 10.5 Å². The molecule has 102 valence electrons. The first-order valence-electron chi connectivity index (χ1n) is 6.27. The lowest BCUT2D eigenvalue weighted by Gasteiger charge is -2.14. The van der Waals surface area contributed by atoms with Gasteiger partial charge in [0.2, 0.25) is 0 Å². The van der Waals surface area contributed by atoms with E-state index in [1.807, 2.05) is 12.1 Å². The first-order chi connectivity index (χ1) is 9.61. The van der Waals surface area contributed by atoms with Gasteiger partial charge in [-0.2, -0.15) is 5.26 Å². The van der Waals surface area contributed by atoms with Gasteiger partial charge in [0.25, 0.3) is 0 Å². The van der Waals surface area contributed by atoms with Crippen LogP contribution >= 0.6 is 0 Å². The Balaban J connectivity index is 2.21. The molecule has 0 aromatic heterocycles. The van der Waals surface area contributed by atoms with Crippen molar-refractivity contribution in [2.45, 2.75) is 19.6 Å². The number of nitrogens with two attached hydrogens (primary N) is 1. The van der Waals surface area contributed by atoms with Crippen molar-refractivity contribution in [3.8, 4) is 11.8 Å². The number of nitriles is 1. The smallest absolute Gasteiger partial charge is 0.124 e. The maximum atomic E-state index is 13.2. The fraction of sp³-hybridized carbons (Fsp3) is 0.188. The minimum atomic E-state index is -0.345. The average Bonchev–Trinajstić information content (AvgIpc) is 2.46. The molecule has 1 unspecified atom stereocenters. The summed E-state index contributed by atoms with van der Waals surface area (Å²) in [6, 6.07) is 13.2. The predicted molar refractivity (Wildman–Crippen MR) is 74.5 cm³/mol. The monoisotopic (exact) mass is 270 g/mol. The van der Waals surface area contributed by atoms with Crippen molar-refractivity contribution in [2.24, 2.45) is 5.73 Å². The zero-order valence-corrected chi connectivity index (χ0v) is 11.1. The first kappa shape index (κ1) is 14.0. The Kier molecular flexibility index (Phi) is 4.34. The molecule has 0 aliphatic heterocycles. The van der Waals surface area contributed by atoms with Crippen LogP contribution in [0, 0.1) is 17.1 Å². The lowest BCUT2D eigenvalue weighted by atomic mass is 10.1. The zero-order valence-electron chi connectivity index (χ0n) is 11.1. The van der Waals surface area contributed by atoms with Crippen LogP contribution in [0.4, 0.5) is 4.39 Å². The van der Waals surface area contributed by atoms with E-state index >= 15 is 0 Å². The third kappa shape index (κ3) is 3.14. The maximum Gasteiger partial charge on any atom is 0.124 e. The maximum absolute atomic E-state index is 13.2. The van der Waals surface area contributed by atoms with Crippen LogP contribution in [0.15, 0.2) is 42.5 Å². The van der Waals surface area contributed by atoms with E-state index in [-0.39, 0.29) is 18.5 Å². The van der Waals surface area contributed by atoms with Crippen LogP contribution in [0.2, 0.25) is 0 Å². The van der Waals surface area contributed by atoms with Gasteiger partial charge in [-0.25, -0.2) is 4.39 Å². The van der Waals surface area contributed by atoms with Gasteiger partial charge >= 0.3 is 0 Å². The van der Waals surface area contributed by atoms with Gasteiger partial charge in [0, 0.05) is 17.2 Å². The summed E-state index contributed by atoms with van der Waals surface area (Å²) in [5.41, 5.74) is 7.77. The molecule has 0 aliphatic rings. The Morgan fingerprint density at radius 2 is 2.05 bits per heavy atom. The summed E-state index contributed by atoms with van der Waals surface area (Å²) < 4.78 is 18.9. The highest BCUT2D eigenvalue weighted by Crippen LogP contribution is 2.25. The molecule has 0 heterocycles. The van der Waals surface area contributed by atoms with Crippen LogP contribution in [-0.2, 0) is 6.61 Å². The molecule has 0 spiro atoms. The molecule has 2 N–H and O–H groups in total. The standard InChI is InChI=1S/C16H15FN2O/c1-11(19)15-8-14(17)6-7-16(15)20-10-13-5-3-2-4-12(13)9-18/h2-8,11H,10,19H2,1H3. The minimum Gasteiger partial charge on any atom is -0.489 e. The van der Waals surface area contributed by atoms with Crippen LogP contribution in [0.5, 0.6) is 5.75 Å². The van der Waals surface area contributed by atoms with Gasteiger partial charge in [0.1, 0.15) is 18.2 Å². The molecule has 0 fully saturated rings. The van der Waals surface area contributed by atoms with Gasteiger partial charge in [0.15, 0.2) is 0 Å². The molecular formula is C16H15FN2O. The summed E-state index contributed by atoms with van der Waals surface area (Å²) in [4.78, 5) is 0. The van der Waals surface area contributed by atoms with Crippen molar-refractivity contribution in [2.75, 3.05) is 0 Å². The Bertz CT molecular complexity index is 647. The Morgan fingerprint density at radius 3 is 2.75 bits per heavy atom. The van der Waals surface area contributed by atoms with Gasteiger partial charge in [-0.15, -0.1) is 0 Å². The van der Waals surface area contributed by atoms with Crippen molar-refractivity contribution in [3.05, 3.63) is 65.0 Å². The molecule has 0 saturated heterocycles. The van der Waals surface area contributed by atoms with Crippen LogP contribution in [0.1, 0.15) is 29.7 Å². The fourth-order valence-electron chi connectivity index (χ4n) is 1.92. The summed E-state index contributed by atoms with van der Waals surface area (Å²) in [5, 5.41) is 9.02. The van der Waals surface area contributed by atoms with Crippen molar-refractivity contribution in [3.63, 3.8) is 0 Å². The quantitative estimate of drug-likeness (QED) is 0.927. The first-order valence-corrected chi connectivity index (χ1v) is 6.27. The number of ether oxygens (including phenoxy) is 1. The number of hydrogen-bond donors (Lipinski definition) is 1. The Labute approximate surface area is 117 Å². The molecule has 1 atom stereocenters. The lowest BCUT2D eigenvalue weighted by Crippen LogP contribution is -2.09. The molecule has 20 heavy (non-hydrogen) atoms. The highest BCUT2D eigenvalue weighted by atomic mass is 19.1. The van der Waals surface area contributed by atoms with Crippen LogP contribution in [0.3, 0.4) is 0 Å². The molecular weight excluding hydrogens is 255 g/mol. The van der Waals surface area contributed by atoms with Gasteiger partial charge in [0.05, 0.1) is 11.6 Å². The van der Waals surface area contributed by atoms with Gasteiger partial charge in [-0.3, -0.25) is 0 Å². The second-order valence-corrected chi connectivity index (χ2v) is 4.53. The van der Waals surface area contributed by atoms with E-state index in [0.717, 1.165) is 5.56 Å². The topological polar surface area (TPSA) is 59.0 Å². The predicted octanol–water partition coefficient (Wildman–Crippen LogP) is 3.30. The molecule has 2 aromatic rings. The third-order valence-electron chi connectivity index (χ3n) is 2.98. The minimum absolute atomic E-state index is 0.245.